The van der Waals surface area contributed by atoms with Gasteiger partial charge in [0.1, 0.15) is 5.54 Å². The summed E-state index contributed by atoms with van der Waals surface area (Å²) in [5.41, 5.74) is -0.544. The Hall–Kier alpha value is -1.96. The van der Waals surface area contributed by atoms with E-state index in [1.807, 2.05) is 0 Å². The molecule has 1 heterocycles. The van der Waals surface area contributed by atoms with Crippen LogP contribution in [-0.4, -0.2) is 41.6 Å². The van der Waals surface area contributed by atoms with Crippen LogP contribution in [0.25, 0.3) is 0 Å². The van der Waals surface area contributed by atoms with Gasteiger partial charge in [0.2, 0.25) is 17.7 Å². The van der Waals surface area contributed by atoms with Crippen molar-refractivity contribution in [2.75, 3.05) is 19.6 Å². The molecule has 8 heteroatoms. The monoisotopic (exact) mass is 379 g/mol. The van der Waals surface area contributed by atoms with E-state index in [1.165, 1.54) is 6.92 Å². The maximum absolute atomic E-state index is 11.9. The first-order valence-corrected chi connectivity index (χ1v) is 10.1. The molecule has 1 saturated carbocycles. The molecule has 1 aliphatic carbocycles. The van der Waals surface area contributed by atoms with Crippen molar-refractivity contribution in [3.05, 3.63) is 11.7 Å². The van der Waals surface area contributed by atoms with Gasteiger partial charge in [-0.1, -0.05) is 37.8 Å². The molecule has 0 aromatic carbocycles. The lowest BCUT2D eigenvalue weighted by molar-refractivity contribution is -0.122. The van der Waals surface area contributed by atoms with Gasteiger partial charge in [-0.05, 0) is 25.8 Å². The van der Waals surface area contributed by atoms with E-state index in [1.54, 1.807) is 0 Å². The fraction of sp³-hybridized carbons (Fsp3) is 0.789. The van der Waals surface area contributed by atoms with Crippen molar-refractivity contribution in [2.45, 2.75) is 77.2 Å². The predicted molar refractivity (Wildman–Crippen MR) is 102 cm³/mol. The van der Waals surface area contributed by atoms with Crippen molar-refractivity contribution in [1.29, 1.82) is 0 Å². The fourth-order valence-electron chi connectivity index (χ4n) is 3.53. The summed E-state index contributed by atoms with van der Waals surface area (Å²) in [5.74, 6) is 0.871. The van der Waals surface area contributed by atoms with E-state index < -0.39 is 5.54 Å². The van der Waals surface area contributed by atoms with Crippen molar-refractivity contribution in [2.24, 2.45) is 0 Å². The number of amides is 2. The third kappa shape index (κ3) is 6.93. The number of aryl methyl sites for hydroxylation is 1. The van der Waals surface area contributed by atoms with Crippen LogP contribution in [0.15, 0.2) is 4.52 Å². The second kappa shape index (κ2) is 11.0. The number of nitrogens with one attached hydrogen (secondary N) is 3. The van der Waals surface area contributed by atoms with Gasteiger partial charge in [0, 0.05) is 32.9 Å². The zero-order valence-corrected chi connectivity index (χ0v) is 16.6. The second-order valence-corrected chi connectivity index (χ2v) is 7.29. The highest BCUT2D eigenvalue weighted by Crippen LogP contribution is 2.34. The van der Waals surface area contributed by atoms with Gasteiger partial charge in [0.15, 0.2) is 5.82 Å². The summed E-state index contributed by atoms with van der Waals surface area (Å²) in [4.78, 5) is 28.2. The topological polar surface area (TPSA) is 109 Å². The summed E-state index contributed by atoms with van der Waals surface area (Å²) in [6.45, 7) is 5.96. The smallest absolute Gasteiger partial charge is 0.227 e. The molecule has 152 valence electrons. The molecule has 2 amide bonds. The summed E-state index contributed by atoms with van der Waals surface area (Å²) >= 11 is 0. The summed E-state index contributed by atoms with van der Waals surface area (Å²) in [6, 6.07) is 0. The lowest BCUT2D eigenvalue weighted by Crippen LogP contribution is -2.45. The fourth-order valence-corrected chi connectivity index (χ4v) is 3.53. The maximum Gasteiger partial charge on any atom is 0.227 e. The summed E-state index contributed by atoms with van der Waals surface area (Å²) < 4.78 is 5.37. The van der Waals surface area contributed by atoms with E-state index in [0.29, 0.717) is 31.1 Å². The number of carbonyl (C=O) groups excluding carboxylic acids is 2. The minimum atomic E-state index is -0.544. The lowest BCUT2D eigenvalue weighted by atomic mass is 9.89. The molecule has 0 saturated heterocycles. The van der Waals surface area contributed by atoms with Crippen molar-refractivity contribution < 1.29 is 14.1 Å². The van der Waals surface area contributed by atoms with Crippen LogP contribution >= 0.6 is 0 Å². The molecule has 8 nitrogen and oxygen atoms in total. The molecule has 0 bridgehead atoms. The molecule has 2 rings (SSSR count). The first kappa shape index (κ1) is 21.3. The molecule has 1 fully saturated rings. The van der Waals surface area contributed by atoms with Gasteiger partial charge in [-0.2, -0.15) is 4.98 Å². The third-order valence-corrected chi connectivity index (χ3v) is 4.89. The Bertz CT molecular complexity index is 594. The molecule has 0 aliphatic heterocycles. The van der Waals surface area contributed by atoms with Gasteiger partial charge in [-0.25, -0.2) is 0 Å². The molecule has 0 atom stereocenters. The van der Waals surface area contributed by atoms with E-state index in [-0.39, 0.29) is 11.8 Å². The predicted octanol–water partition coefficient (Wildman–Crippen LogP) is 1.80. The van der Waals surface area contributed by atoms with Crippen molar-refractivity contribution in [1.82, 2.24) is 26.1 Å². The maximum atomic E-state index is 11.9. The minimum absolute atomic E-state index is 0.0286. The van der Waals surface area contributed by atoms with Crippen LogP contribution in [0.1, 0.15) is 76.9 Å². The number of aromatic nitrogens is 2. The molecule has 3 N–H and O–H groups in total. The Balaban J connectivity index is 1.88. The molecule has 0 radical (unpaired) electrons. The van der Waals surface area contributed by atoms with Crippen LogP contribution in [0.4, 0.5) is 0 Å². The van der Waals surface area contributed by atoms with E-state index in [2.05, 4.69) is 33.0 Å². The molecule has 1 aromatic heterocycles. The van der Waals surface area contributed by atoms with E-state index >= 15 is 0 Å². The third-order valence-electron chi connectivity index (χ3n) is 4.89. The summed E-state index contributed by atoms with van der Waals surface area (Å²) in [5, 5.41) is 13.3. The minimum Gasteiger partial charge on any atom is -0.355 e. The highest BCUT2D eigenvalue weighted by Gasteiger charge is 2.38. The standard InChI is InChI=1S/C19H33N5O3/c1-3-12-20-13-14-21-16(26)8-9-17-22-18(24-27-17)19(23-15(2)25)10-6-4-5-7-11-19/h20H,3-14H2,1-2H3,(H,21,26)(H,23,25). The molecule has 0 unspecified atom stereocenters. The van der Waals surface area contributed by atoms with Crippen molar-refractivity contribution in [3.8, 4) is 0 Å². The van der Waals surface area contributed by atoms with Gasteiger partial charge in [-0.15, -0.1) is 0 Å². The Morgan fingerprint density at radius 2 is 1.85 bits per heavy atom. The van der Waals surface area contributed by atoms with Crippen LogP contribution in [0.5, 0.6) is 0 Å². The molecule has 1 aliphatic rings. The first-order valence-electron chi connectivity index (χ1n) is 10.1. The Morgan fingerprint density at radius 1 is 1.11 bits per heavy atom. The highest BCUT2D eigenvalue weighted by atomic mass is 16.5. The number of nitrogens with zero attached hydrogens (tertiary/aromatic N) is 2. The van der Waals surface area contributed by atoms with Gasteiger partial charge in [0.05, 0.1) is 0 Å². The van der Waals surface area contributed by atoms with Gasteiger partial charge in [-0.3, -0.25) is 9.59 Å². The number of carbonyl (C=O) groups is 2. The molecule has 27 heavy (non-hydrogen) atoms. The Morgan fingerprint density at radius 3 is 2.52 bits per heavy atom. The van der Waals surface area contributed by atoms with Crippen LogP contribution in [0.2, 0.25) is 0 Å². The van der Waals surface area contributed by atoms with Crippen LogP contribution in [0.3, 0.4) is 0 Å². The summed E-state index contributed by atoms with van der Waals surface area (Å²) in [7, 11) is 0. The number of hydrogen-bond donors (Lipinski definition) is 3. The molecular weight excluding hydrogens is 346 g/mol. The number of rotatable bonds is 10. The normalized spacial score (nSPS) is 16.5. The van der Waals surface area contributed by atoms with Crippen LogP contribution in [0, 0.1) is 0 Å². The van der Waals surface area contributed by atoms with Gasteiger partial charge >= 0.3 is 0 Å². The second-order valence-electron chi connectivity index (χ2n) is 7.29. The quantitative estimate of drug-likeness (QED) is 0.422. The van der Waals surface area contributed by atoms with E-state index in [0.717, 1.165) is 58.0 Å². The number of hydrogen-bond acceptors (Lipinski definition) is 6. The zero-order chi connectivity index (χ0) is 19.5. The van der Waals surface area contributed by atoms with Crippen LogP contribution < -0.4 is 16.0 Å². The molecular formula is C19H33N5O3. The average molecular weight is 380 g/mol. The Labute approximate surface area is 161 Å². The SMILES string of the molecule is CCCNCCNC(=O)CCc1nc(C2(NC(C)=O)CCCCCC2)no1. The van der Waals surface area contributed by atoms with Crippen molar-refractivity contribution >= 4 is 11.8 Å². The first-order chi connectivity index (χ1) is 13.1. The largest absolute Gasteiger partial charge is 0.355 e. The van der Waals surface area contributed by atoms with Crippen LogP contribution in [-0.2, 0) is 21.5 Å². The van der Waals surface area contributed by atoms with Gasteiger partial charge in [0.25, 0.3) is 0 Å². The Kier molecular flexibility index (Phi) is 8.71. The van der Waals surface area contributed by atoms with E-state index in [4.69, 9.17) is 4.52 Å². The molecule has 0 spiro atoms. The van der Waals surface area contributed by atoms with E-state index in [9.17, 15) is 9.59 Å². The zero-order valence-electron chi connectivity index (χ0n) is 16.6. The summed E-state index contributed by atoms with van der Waals surface area (Å²) in [6.07, 6.45) is 7.77. The average Bonchev–Trinajstić information content (AvgIpc) is 3.00. The van der Waals surface area contributed by atoms with Gasteiger partial charge < -0.3 is 20.5 Å². The lowest BCUT2D eigenvalue weighted by Gasteiger charge is -2.30. The molecule has 1 aromatic rings. The van der Waals surface area contributed by atoms with Crippen molar-refractivity contribution in [3.63, 3.8) is 0 Å². The highest BCUT2D eigenvalue weighted by molar-refractivity contribution is 5.76.